The molecular formula is C12H14N4O2. The number of nitrogens with one attached hydrogen (secondary N) is 1. The highest BCUT2D eigenvalue weighted by molar-refractivity contribution is 5.94. The molecule has 2 aromatic rings. The summed E-state index contributed by atoms with van der Waals surface area (Å²) in [5, 5.41) is 16.8. The third-order valence-corrected chi connectivity index (χ3v) is 3.23. The Kier molecular flexibility index (Phi) is 2.71. The van der Waals surface area contributed by atoms with E-state index in [9.17, 15) is 4.79 Å². The maximum Gasteiger partial charge on any atom is 0.339 e. The van der Waals surface area contributed by atoms with Gasteiger partial charge in [-0.15, -0.1) is 0 Å². The molecule has 1 saturated heterocycles. The lowest BCUT2D eigenvalue weighted by Gasteiger charge is -2.05. The number of carboxylic acids is 1. The van der Waals surface area contributed by atoms with Gasteiger partial charge < -0.3 is 10.4 Å². The molecule has 0 saturated carbocycles. The van der Waals surface area contributed by atoms with E-state index in [1.165, 1.54) is 10.9 Å². The topological polar surface area (TPSA) is 79.5 Å². The molecule has 3 heterocycles. The van der Waals surface area contributed by atoms with Gasteiger partial charge in [0.1, 0.15) is 5.56 Å². The molecule has 0 aromatic carbocycles. The van der Waals surface area contributed by atoms with E-state index < -0.39 is 5.97 Å². The van der Waals surface area contributed by atoms with E-state index in [2.05, 4.69) is 15.4 Å². The number of carboxylic acid groups (broad SMARTS) is 1. The van der Waals surface area contributed by atoms with Gasteiger partial charge in [-0.3, -0.25) is 0 Å². The summed E-state index contributed by atoms with van der Waals surface area (Å²) in [5.74, 6) is -0.276. The highest BCUT2D eigenvalue weighted by atomic mass is 16.4. The van der Waals surface area contributed by atoms with Crippen LogP contribution in [-0.4, -0.2) is 38.3 Å². The van der Waals surface area contributed by atoms with Gasteiger partial charge in [0, 0.05) is 18.7 Å². The molecule has 1 atom stereocenters. The molecule has 1 aliphatic rings. The van der Waals surface area contributed by atoms with Crippen molar-refractivity contribution in [3.8, 4) is 0 Å². The summed E-state index contributed by atoms with van der Waals surface area (Å²) >= 11 is 0. The smallest absolute Gasteiger partial charge is 0.339 e. The summed E-state index contributed by atoms with van der Waals surface area (Å²) < 4.78 is 1.54. The van der Waals surface area contributed by atoms with Crippen LogP contribution in [0.2, 0.25) is 0 Å². The number of hydrogen-bond donors (Lipinski definition) is 2. The van der Waals surface area contributed by atoms with Crippen LogP contribution in [0.5, 0.6) is 0 Å². The summed E-state index contributed by atoms with van der Waals surface area (Å²) in [5.41, 5.74) is 0.605. The number of hydrogen-bond acceptors (Lipinski definition) is 4. The van der Waals surface area contributed by atoms with Gasteiger partial charge in [-0.2, -0.15) is 5.10 Å². The molecule has 6 heteroatoms. The second-order valence-electron chi connectivity index (χ2n) is 4.52. The van der Waals surface area contributed by atoms with Crippen molar-refractivity contribution in [2.75, 3.05) is 6.54 Å². The summed E-state index contributed by atoms with van der Waals surface area (Å²) in [7, 11) is 0. The predicted octanol–water partition coefficient (Wildman–Crippen LogP) is 0.722. The highest BCUT2D eigenvalue weighted by Gasteiger charge is 2.18. The third-order valence-electron chi connectivity index (χ3n) is 3.23. The van der Waals surface area contributed by atoms with Crippen LogP contribution in [0.3, 0.4) is 0 Å². The van der Waals surface area contributed by atoms with E-state index >= 15 is 0 Å². The molecule has 0 radical (unpaired) electrons. The second kappa shape index (κ2) is 4.38. The van der Waals surface area contributed by atoms with Crippen LogP contribution >= 0.6 is 0 Å². The van der Waals surface area contributed by atoms with Crippen LogP contribution in [0, 0.1) is 0 Å². The minimum atomic E-state index is -0.974. The van der Waals surface area contributed by atoms with Crippen molar-refractivity contribution in [1.82, 2.24) is 19.9 Å². The van der Waals surface area contributed by atoms with Crippen molar-refractivity contribution < 1.29 is 9.90 Å². The molecule has 0 bridgehead atoms. The zero-order valence-electron chi connectivity index (χ0n) is 9.83. The lowest BCUT2D eigenvalue weighted by atomic mass is 10.1. The molecule has 0 aliphatic carbocycles. The molecule has 1 fully saturated rings. The zero-order valence-corrected chi connectivity index (χ0v) is 9.83. The van der Waals surface area contributed by atoms with Crippen molar-refractivity contribution in [3.63, 3.8) is 0 Å². The first-order chi connectivity index (χ1) is 8.74. The molecule has 0 amide bonds. The Labute approximate surface area is 104 Å². The first-order valence-electron chi connectivity index (χ1n) is 6.05. The number of nitrogens with zero attached hydrogens (tertiary/aromatic N) is 3. The van der Waals surface area contributed by atoms with Crippen LogP contribution in [0.4, 0.5) is 0 Å². The number of fused-ring (bicyclic) bond motifs is 1. The quantitative estimate of drug-likeness (QED) is 0.834. The average Bonchev–Trinajstić information content (AvgIpc) is 2.96. The molecule has 1 aliphatic heterocycles. The Morgan fingerprint density at radius 1 is 1.61 bits per heavy atom. The Hall–Kier alpha value is -1.95. The molecule has 3 rings (SSSR count). The van der Waals surface area contributed by atoms with Crippen molar-refractivity contribution in [3.05, 3.63) is 29.7 Å². The van der Waals surface area contributed by atoms with E-state index in [0.717, 1.165) is 19.4 Å². The van der Waals surface area contributed by atoms with Gasteiger partial charge in [-0.1, -0.05) is 0 Å². The molecular weight excluding hydrogens is 232 g/mol. The minimum absolute atomic E-state index is 0.190. The lowest BCUT2D eigenvalue weighted by Crippen LogP contribution is -2.24. The minimum Gasteiger partial charge on any atom is -0.478 e. The van der Waals surface area contributed by atoms with Gasteiger partial charge in [0.2, 0.25) is 0 Å². The maximum absolute atomic E-state index is 11.1. The summed E-state index contributed by atoms with van der Waals surface area (Å²) in [6.45, 7) is 1.04. The van der Waals surface area contributed by atoms with E-state index in [-0.39, 0.29) is 5.56 Å². The molecule has 1 unspecified atom stereocenters. The van der Waals surface area contributed by atoms with Gasteiger partial charge >= 0.3 is 5.97 Å². The molecule has 0 spiro atoms. The van der Waals surface area contributed by atoms with E-state index in [1.54, 1.807) is 18.3 Å². The summed E-state index contributed by atoms with van der Waals surface area (Å²) in [6, 6.07) is 3.63. The monoisotopic (exact) mass is 246 g/mol. The SMILES string of the molecule is O=C(O)c1cccn2nc(CC3CCCN3)nc12. The lowest BCUT2D eigenvalue weighted by molar-refractivity contribution is 0.0698. The predicted molar refractivity (Wildman–Crippen MR) is 64.7 cm³/mol. The first kappa shape index (κ1) is 11.2. The Morgan fingerprint density at radius 3 is 3.22 bits per heavy atom. The van der Waals surface area contributed by atoms with Crippen molar-refractivity contribution >= 4 is 11.6 Å². The van der Waals surface area contributed by atoms with Gasteiger partial charge in [0.05, 0.1) is 0 Å². The van der Waals surface area contributed by atoms with Crippen LogP contribution in [0.1, 0.15) is 29.0 Å². The van der Waals surface area contributed by atoms with E-state index in [0.29, 0.717) is 17.5 Å². The van der Waals surface area contributed by atoms with Gasteiger partial charge in [0.25, 0.3) is 0 Å². The van der Waals surface area contributed by atoms with Crippen molar-refractivity contribution in [1.29, 1.82) is 0 Å². The fraction of sp³-hybridized carbons (Fsp3) is 0.417. The Morgan fingerprint density at radius 2 is 2.50 bits per heavy atom. The fourth-order valence-electron chi connectivity index (χ4n) is 2.36. The Balaban J connectivity index is 1.94. The zero-order chi connectivity index (χ0) is 12.5. The van der Waals surface area contributed by atoms with E-state index in [4.69, 9.17) is 5.11 Å². The summed E-state index contributed by atoms with van der Waals surface area (Å²) in [6.07, 6.45) is 4.78. The van der Waals surface area contributed by atoms with Gasteiger partial charge in [-0.25, -0.2) is 14.3 Å². The van der Waals surface area contributed by atoms with E-state index in [1.807, 2.05) is 0 Å². The second-order valence-corrected chi connectivity index (χ2v) is 4.52. The highest BCUT2D eigenvalue weighted by Crippen LogP contribution is 2.13. The van der Waals surface area contributed by atoms with Crippen molar-refractivity contribution in [2.24, 2.45) is 0 Å². The van der Waals surface area contributed by atoms with Crippen LogP contribution in [0.25, 0.3) is 5.65 Å². The van der Waals surface area contributed by atoms with Crippen LogP contribution in [-0.2, 0) is 6.42 Å². The van der Waals surface area contributed by atoms with Crippen molar-refractivity contribution in [2.45, 2.75) is 25.3 Å². The first-order valence-corrected chi connectivity index (χ1v) is 6.05. The molecule has 94 valence electrons. The number of pyridine rings is 1. The Bertz CT molecular complexity index is 587. The maximum atomic E-state index is 11.1. The average molecular weight is 246 g/mol. The van der Waals surface area contributed by atoms with Crippen LogP contribution in [0.15, 0.2) is 18.3 Å². The normalized spacial score (nSPS) is 19.4. The number of rotatable bonds is 3. The number of aromatic carboxylic acids is 1. The summed E-state index contributed by atoms with van der Waals surface area (Å²) in [4.78, 5) is 15.4. The molecule has 18 heavy (non-hydrogen) atoms. The number of aromatic nitrogens is 3. The van der Waals surface area contributed by atoms with Gasteiger partial charge in [-0.05, 0) is 31.5 Å². The molecule has 2 aromatic heterocycles. The number of carbonyl (C=O) groups is 1. The molecule has 6 nitrogen and oxygen atoms in total. The standard InChI is InChI=1S/C12H14N4O2/c17-12(18)9-4-2-6-16-11(9)14-10(15-16)7-8-3-1-5-13-8/h2,4,6,8,13H,1,3,5,7H2,(H,17,18). The largest absolute Gasteiger partial charge is 0.478 e. The van der Waals surface area contributed by atoms with Gasteiger partial charge in [0.15, 0.2) is 11.5 Å². The third kappa shape index (κ3) is 1.95. The fourth-order valence-corrected chi connectivity index (χ4v) is 2.36. The molecule has 2 N–H and O–H groups in total. The van der Waals surface area contributed by atoms with Crippen LogP contribution < -0.4 is 5.32 Å².